The van der Waals surface area contributed by atoms with Crippen molar-refractivity contribution in [2.24, 2.45) is 5.18 Å². The summed E-state index contributed by atoms with van der Waals surface area (Å²) in [5.41, 5.74) is 2.00. The summed E-state index contributed by atoms with van der Waals surface area (Å²) in [5, 5.41) is 3.10. The van der Waals surface area contributed by atoms with Crippen LogP contribution in [0.3, 0.4) is 0 Å². The van der Waals surface area contributed by atoms with Crippen LogP contribution in [0.4, 0.5) is 4.79 Å². The number of carbonyl (C=O) groups excluding carboxylic acids is 1. The quantitative estimate of drug-likeness (QED) is 0.773. The van der Waals surface area contributed by atoms with E-state index in [1.807, 2.05) is 13.0 Å². The summed E-state index contributed by atoms with van der Waals surface area (Å²) in [6, 6.07) is 5.10. The Bertz CT molecular complexity index is 473. The lowest BCUT2D eigenvalue weighted by Crippen LogP contribution is -2.29. The van der Waals surface area contributed by atoms with Crippen molar-refractivity contribution in [3.8, 4) is 5.75 Å². The van der Waals surface area contributed by atoms with Gasteiger partial charge in [0.2, 0.25) is 0 Å². The van der Waals surface area contributed by atoms with Crippen molar-refractivity contribution < 1.29 is 9.53 Å². The summed E-state index contributed by atoms with van der Waals surface area (Å²) in [4.78, 5) is 23.8. The first kappa shape index (κ1) is 12.5. The van der Waals surface area contributed by atoms with E-state index >= 15 is 0 Å². The van der Waals surface area contributed by atoms with Gasteiger partial charge in [-0.15, -0.1) is 0 Å². The smallest absolute Gasteiger partial charge is 0.410 e. The molecule has 0 fully saturated rings. The second-order valence-corrected chi connectivity index (χ2v) is 4.40. The summed E-state index contributed by atoms with van der Waals surface area (Å²) in [5.74, 6) is 0.467. The van der Waals surface area contributed by atoms with Crippen molar-refractivity contribution in [2.75, 3.05) is 13.6 Å². The third kappa shape index (κ3) is 2.34. The minimum Gasteiger partial charge on any atom is -0.410 e. The van der Waals surface area contributed by atoms with Gasteiger partial charge >= 0.3 is 6.09 Å². The van der Waals surface area contributed by atoms with Crippen molar-refractivity contribution in [3.63, 3.8) is 0 Å². The van der Waals surface area contributed by atoms with Gasteiger partial charge in [0.05, 0.1) is 0 Å². The predicted molar refractivity (Wildman–Crippen MR) is 67.6 cm³/mol. The van der Waals surface area contributed by atoms with E-state index in [0.717, 1.165) is 24.0 Å². The van der Waals surface area contributed by atoms with Gasteiger partial charge in [-0.25, -0.2) is 4.79 Å². The fourth-order valence-electron chi connectivity index (χ4n) is 2.04. The zero-order valence-corrected chi connectivity index (χ0v) is 10.5. The average Bonchev–Trinajstić information content (AvgIpc) is 2.79. The Labute approximate surface area is 106 Å². The van der Waals surface area contributed by atoms with E-state index in [1.54, 1.807) is 19.2 Å². The van der Waals surface area contributed by atoms with Gasteiger partial charge in [-0.05, 0) is 43.0 Å². The monoisotopic (exact) mass is 248 g/mol. The van der Waals surface area contributed by atoms with Crippen LogP contribution in [0.5, 0.6) is 5.75 Å². The molecule has 0 saturated carbocycles. The Morgan fingerprint density at radius 2 is 2.33 bits per heavy atom. The number of benzene rings is 1. The van der Waals surface area contributed by atoms with Crippen molar-refractivity contribution in [2.45, 2.75) is 25.8 Å². The molecule has 1 amide bonds. The normalized spacial score (nSPS) is 17.1. The molecule has 0 aliphatic heterocycles. The summed E-state index contributed by atoms with van der Waals surface area (Å²) in [7, 11) is 1.67. The highest BCUT2D eigenvalue weighted by Gasteiger charge is 2.24. The standard InChI is InChI=1S/C13H16N2O3/c1-3-15(2)13(16)18-10-6-4-9-5-7-12(14-17)11(9)8-10/h4,6,8,12H,3,5,7H2,1-2H3. The van der Waals surface area contributed by atoms with Gasteiger partial charge < -0.3 is 9.64 Å². The van der Waals surface area contributed by atoms with E-state index in [1.165, 1.54) is 4.90 Å². The van der Waals surface area contributed by atoms with Crippen LogP contribution in [0.2, 0.25) is 0 Å². The van der Waals surface area contributed by atoms with Crippen molar-refractivity contribution in [1.82, 2.24) is 4.90 Å². The largest absolute Gasteiger partial charge is 0.414 e. The number of carbonyl (C=O) groups is 1. The van der Waals surface area contributed by atoms with Crippen LogP contribution in [0.15, 0.2) is 23.4 Å². The number of fused-ring (bicyclic) bond motifs is 1. The maximum absolute atomic E-state index is 11.6. The third-order valence-electron chi connectivity index (χ3n) is 3.28. The van der Waals surface area contributed by atoms with Crippen LogP contribution in [-0.2, 0) is 6.42 Å². The highest BCUT2D eigenvalue weighted by molar-refractivity contribution is 5.70. The van der Waals surface area contributed by atoms with E-state index in [4.69, 9.17) is 4.74 Å². The molecule has 2 rings (SSSR count). The lowest BCUT2D eigenvalue weighted by molar-refractivity contribution is 0.165. The number of amides is 1. The molecule has 0 heterocycles. The second kappa shape index (κ2) is 5.16. The molecule has 1 aromatic rings. The summed E-state index contributed by atoms with van der Waals surface area (Å²) >= 11 is 0. The molecule has 1 aliphatic rings. The number of rotatable bonds is 3. The van der Waals surface area contributed by atoms with Crippen LogP contribution < -0.4 is 4.74 Å². The second-order valence-electron chi connectivity index (χ2n) is 4.40. The minimum atomic E-state index is -0.397. The SMILES string of the molecule is CCN(C)C(=O)Oc1ccc2c(c1)C(N=O)CC2. The predicted octanol–water partition coefficient (Wildman–Crippen LogP) is 2.89. The molecule has 1 aliphatic carbocycles. The van der Waals surface area contributed by atoms with E-state index in [9.17, 15) is 9.70 Å². The zero-order valence-electron chi connectivity index (χ0n) is 10.5. The van der Waals surface area contributed by atoms with Gasteiger partial charge in [0.15, 0.2) is 0 Å². The number of hydrogen-bond donors (Lipinski definition) is 0. The van der Waals surface area contributed by atoms with Crippen molar-refractivity contribution >= 4 is 6.09 Å². The van der Waals surface area contributed by atoms with Gasteiger partial charge in [-0.1, -0.05) is 11.2 Å². The van der Waals surface area contributed by atoms with E-state index in [-0.39, 0.29) is 6.04 Å². The molecule has 96 valence electrons. The van der Waals surface area contributed by atoms with Crippen LogP contribution in [0.25, 0.3) is 0 Å². The van der Waals surface area contributed by atoms with Gasteiger partial charge in [0.1, 0.15) is 11.8 Å². The maximum Gasteiger partial charge on any atom is 0.414 e. The van der Waals surface area contributed by atoms with Gasteiger partial charge in [-0.2, -0.15) is 4.91 Å². The van der Waals surface area contributed by atoms with Crippen LogP contribution in [0.1, 0.15) is 30.5 Å². The number of aryl methyl sites for hydroxylation is 1. The first-order valence-electron chi connectivity index (χ1n) is 6.04. The van der Waals surface area contributed by atoms with Crippen LogP contribution in [-0.4, -0.2) is 24.6 Å². The molecular weight excluding hydrogens is 232 g/mol. The summed E-state index contributed by atoms with van der Waals surface area (Å²) in [6.45, 7) is 2.46. The molecule has 0 N–H and O–H groups in total. The third-order valence-corrected chi connectivity index (χ3v) is 3.28. The Morgan fingerprint density at radius 3 is 3.00 bits per heavy atom. The van der Waals surface area contributed by atoms with Crippen molar-refractivity contribution in [1.29, 1.82) is 0 Å². The molecule has 18 heavy (non-hydrogen) atoms. The molecule has 0 aromatic heterocycles. The van der Waals surface area contributed by atoms with Gasteiger partial charge in [0.25, 0.3) is 0 Å². The lowest BCUT2D eigenvalue weighted by atomic mass is 10.1. The molecule has 0 saturated heterocycles. The molecule has 0 spiro atoms. The molecule has 1 atom stereocenters. The molecule has 5 nitrogen and oxygen atoms in total. The summed E-state index contributed by atoms with van der Waals surface area (Å²) in [6.07, 6.45) is 1.20. The Hall–Kier alpha value is -1.91. The van der Waals surface area contributed by atoms with E-state index in [0.29, 0.717) is 12.3 Å². The number of nitrogens with zero attached hydrogens (tertiary/aromatic N) is 2. The van der Waals surface area contributed by atoms with Gasteiger partial charge in [-0.3, -0.25) is 0 Å². The Morgan fingerprint density at radius 1 is 1.56 bits per heavy atom. The molecular formula is C13H16N2O3. The number of hydrogen-bond acceptors (Lipinski definition) is 4. The van der Waals surface area contributed by atoms with Crippen LogP contribution in [0, 0.1) is 4.91 Å². The van der Waals surface area contributed by atoms with Crippen LogP contribution >= 0.6 is 0 Å². The first-order chi connectivity index (χ1) is 8.65. The Balaban J connectivity index is 2.16. The fourth-order valence-corrected chi connectivity index (χ4v) is 2.04. The summed E-state index contributed by atoms with van der Waals surface area (Å²) < 4.78 is 5.23. The average molecular weight is 248 g/mol. The molecule has 1 aromatic carbocycles. The topological polar surface area (TPSA) is 59.0 Å². The van der Waals surface area contributed by atoms with E-state index in [2.05, 4.69) is 5.18 Å². The zero-order chi connectivity index (χ0) is 13.1. The highest BCUT2D eigenvalue weighted by Crippen LogP contribution is 2.36. The van der Waals surface area contributed by atoms with Crippen molar-refractivity contribution in [3.05, 3.63) is 34.2 Å². The minimum absolute atomic E-state index is 0.303. The first-order valence-corrected chi connectivity index (χ1v) is 6.04. The number of nitroso groups, excluding NO2 is 1. The fraction of sp³-hybridized carbons (Fsp3) is 0.462. The van der Waals surface area contributed by atoms with Gasteiger partial charge in [0, 0.05) is 13.6 Å². The molecule has 5 heteroatoms. The number of ether oxygens (including phenoxy) is 1. The molecule has 0 radical (unpaired) electrons. The highest BCUT2D eigenvalue weighted by atomic mass is 16.6. The molecule has 1 unspecified atom stereocenters. The van der Waals surface area contributed by atoms with E-state index < -0.39 is 6.09 Å². The lowest BCUT2D eigenvalue weighted by Gasteiger charge is -2.14. The Kier molecular flexibility index (Phi) is 3.60. The molecule has 0 bridgehead atoms. The maximum atomic E-state index is 11.6.